The summed E-state index contributed by atoms with van der Waals surface area (Å²) >= 11 is 10.7. The lowest BCUT2D eigenvalue weighted by Gasteiger charge is -2.22. The molecule has 0 amide bonds. The van der Waals surface area contributed by atoms with Gasteiger partial charge in [-0.2, -0.15) is 11.8 Å². The van der Waals surface area contributed by atoms with Crippen LogP contribution in [0.3, 0.4) is 0 Å². The Kier molecular flexibility index (Phi) is 4.91. The van der Waals surface area contributed by atoms with Gasteiger partial charge in [-0.25, -0.2) is 9.97 Å². The highest BCUT2D eigenvalue weighted by atomic mass is 127. The Balaban J connectivity index is 1.92. The Morgan fingerprint density at radius 1 is 1.05 bits per heavy atom. The molecule has 1 saturated carbocycles. The van der Waals surface area contributed by atoms with Crippen LogP contribution in [0.2, 0.25) is 5.15 Å². The van der Waals surface area contributed by atoms with E-state index in [1.54, 1.807) is 0 Å². The van der Waals surface area contributed by atoms with Crippen molar-refractivity contribution in [3.05, 3.63) is 20.2 Å². The Morgan fingerprint density at radius 2 is 1.79 bits per heavy atom. The monoisotopic (exact) mass is 408 g/mol. The third-order valence-corrected chi connectivity index (χ3v) is 7.09. The van der Waals surface area contributed by atoms with Gasteiger partial charge in [0.1, 0.15) is 11.0 Å². The first-order valence-corrected chi connectivity index (χ1v) is 9.60. The second-order valence-corrected chi connectivity index (χ2v) is 8.16. The molecule has 2 heterocycles. The molecule has 0 spiro atoms. The Hall–Kier alpha value is 0.450. The maximum atomic E-state index is 6.35. The van der Waals surface area contributed by atoms with E-state index in [0.29, 0.717) is 16.3 Å². The van der Waals surface area contributed by atoms with E-state index in [9.17, 15) is 0 Å². The molecular formula is C14H18ClIN2S. The molecule has 2 fully saturated rings. The molecule has 0 radical (unpaired) electrons. The lowest BCUT2D eigenvalue weighted by atomic mass is 10.0. The summed E-state index contributed by atoms with van der Waals surface area (Å²) < 4.78 is 1.08. The Morgan fingerprint density at radius 3 is 2.47 bits per heavy atom. The van der Waals surface area contributed by atoms with Crippen molar-refractivity contribution in [3.8, 4) is 0 Å². The molecule has 1 aromatic rings. The quantitative estimate of drug-likeness (QED) is 0.487. The van der Waals surface area contributed by atoms with Gasteiger partial charge in [0.05, 0.1) is 14.5 Å². The summed E-state index contributed by atoms with van der Waals surface area (Å²) in [5.41, 5.74) is 1.22. The largest absolute Gasteiger partial charge is 0.235 e. The van der Waals surface area contributed by atoms with E-state index in [0.717, 1.165) is 9.39 Å². The molecule has 1 aromatic heterocycles. The number of thioether (sulfide) groups is 1. The fourth-order valence-corrected chi connectivity index (χ4v) is 5.12. The van der Waals surface area contributed by atoms with Crippen molar-refractivity contribution in [2.75, 3.05) is 5.75 Å². The van der Waals surface area contributed by atoms with E-state index >= 15 is 0 Å². The molecule has 104 valence electrons. The van der Waals surface area contributed by atoms with Crippen molar-refractivity contribution in [1.29, 1.82) is 0 Å². The number of hydrogen-bond donors (Lipinski definition) is 0. The van der Waals surface area contributed by atoms with E-state index in [1.165, 1.54) is 56.4 Å². The number of halogens is 2. The second-order valence-electron chi connectivity index (χ2n) is 5.41. The average molecular weight is 409 g/mol. The molecule has 1 unspecified atom stereocenters. The number of rotatable bonds is 2. The number of nitrogens with zero attached hydrogens (tertiary/aromatic N) is 2. The normalized spacial score (nSPS) is 24.8. The van der Waals surface area contributed by atoms with Gasteiger partial charge >= 0.3 is 0 Å². The van der Waals surface area contributed by atoms with Crippen LogP contribution in [0.25, 0.3) is 0 Å². The van der Waals surface area contributed by atoms with Crippen molar-refractivity contribution < 1.29 is 0 Å². The van der Waals surface area contributed by atoms with Crippen LogP contribution < -0.4 is 0 Å². The SMILES string of the molecule is Clc1nc(C2CCCCS2)nc(C2CCCC2)c1I. The van der Waals surface area contributed by atoms with Crippen LogP contribution in [0, 0.1) is 3.57 Å². The Labute approximate surface area is 137 Å². The lowest BCUT2D eigenvalue weighted by Crippen LogP contribution is -2.11. The molecule has 1 aliphatic heterocycles. The highest BCUT2D eigenvalue weighted by Gasteiger charge is 2.26. The van der Waals surface area contributed by atoms with Gasteiger partial charge in [0, 0.05) is 5.92 Å². The summed E-state index contributed by atoms with van der Waals surface area (Å²) in [4.78, 5) is 9.47. The molecule has 0 N–H and O–H groups in total. The summed E-state index contributed by atoms with van der Waals surface area (Å²) in [6, 6.07) is 0. The molecule has 19 heavy (non-hydrogen) atoms. The van der Waals surface area contributed by atoms with Gasteiger partial charge in [-0.1, -0.05) is 30.9 Å². The van der Waals surface area contributed by atoms with Crippen molar-refractivity contribution in [3.63, 3.8) is 0 Å². The predicted octanol–water partition coefficient (Wildman–Crippen LogP) is 5.35. The van der Waals surface area contributed by atoms with Crippen LogP contribution in [0.15, 0.2) is 0 Å². The van der Waals surface area contributed by atoms with Crippen molar-refractivity contribution >= 4 is 46.0 Å². The maximum absolute atomic E-state index is 6.35. The third-order valence-electron chi connectivity index (χ3n) is 4.06. The molecule has 1 aliphatic carbocycles. The summed E-state index contributed by atoms with van der Waals surface area (Å²) in [7, 11) is 0. The zero-order valence-electron chi connectivity index (χ0n) is 10.9. The fourth-order valence-electron chi connectivity index (χ4n) is 3.01. The van der Waals surface area contributed by atoms with Crippen molar-refractivity contribution in [2.24, 2.45) is 0 Å². The zero-order valence-corrected chi connectivity index (χ0v) is 14.6. The maximum Gasteiger partial charge on any atom is 0.146 e. The van der Waals surface area contributed by atoms with Crippen LogP contribution in [0.4, 0.5) is 0 Å². The van der Waals surface area contributed by atoms with Crippen LogP contribution >= 0.6 is 46.0 Å². The highest BCUT2D eigenvalue weighted by Crippen LogP contribution is 2.41. The molecule has 1 saturated heterocycles. The van der Waals surface area contributed by atoms with Crippen molar-refractivity contribution in [2.45, 2.75) is 56.1 Å². The first-order valence-electron chi connectivity index (χ1n) is 7.10. The zero-order chi connectivity index (χ0) is 13.2. The molecular weight excluding hydrogens is 391 g/mol. The molecule has 1 atom stereocenters. The van der Waals surface area contributed by atoms with Gasteiger partial charge in [-0.15, -0.1) is 0 Å². The molecule has 0 aromatic carbocycles. The van der Waals surface area contributed by atoms with Gasteiger partial charge in [0.2, 0.25) is 0 Å². The van der Waals surface area contributed by atoms with Crippen molar-refractivity contribution in [1.82, 2.24) is 9.97 Å². The lowest BCUT2D eigenvalue weighted by molar-refractivity contribution is 0.637. The molecule has 2 aliphatic rings. The summed E-state index contributed by atoms with van der Waals surface area (Å²) in [6.07, 6.45) is 9.01. The average Bonchev–Trinajstić information content (AvgIpc) is 2.96. The second kappa shape index (κ2) is 6.48. The smallest absolute Gasteiger partial charge is 0.146 e. The topological polar surface area (TPSA) is 25.8 Å². The molecule has 0 bridgehead atoms. The van der Waals surface area contributed by atoms with Gasteiger partial charge < -0.3 is 0 Å². The minimum absolute atomic E-state index is 0.461. The first kappa shape index (κ1) is 14.4. The van der Waals surface area contributed by atoms with Gasteiger partial charge in [-0.05, 0) is 54.0 Å². The minimum atomic E-state index is 0.461. The van der Waals surface area contributed by atoms with Crippen LogP contribution in [0.1, 0.15) is 67.6 Å². The van der Waals surface area contributed by atoms with Crippen LogP contribution in [-0.2, 0) is 0 Å². The van der Waals surface area contributed by atoms with Crippen LogP contribution in [-0.4, -0.2) is 15.7 Å². The van der Waals surface area contributed by atoms with Crippen LogP contribution in [0.5, 0.6) is 0 Å². The van der Waals surface area contributed by atoms with E-state index in [2.05, 4.69) is 27.6 Å². The van der Waals surface area contributed by atoms with E-state index in [4.69, 9.17) is 16.6 Å². The summed E-state index contributed by atoms with van der Waals surface area (Å²) in [5.74, 6) is 2.83. The van der Waals surface area contributed by atoms with E-state index in [1.807, 2.05) is 11.8 Å². The van der Waals surface area contributed by atoms with Gasteiger partial charge in [0.25, 0.3) is 0 Å². The van der Waals surface area contributed by atoms with E-state index in [-0.39, 0.29) is 0 Å². The first-order chi connectivity index (χ1) is 9.25. The minimum Gasteiger partial charge on any atom is -0.235 e. The van der Waals surface area contributed by atoms with Gasteiger partial charge in [-0.3, -0.25) is 0 Å². The molecule has 5 heteroatoms. The summed E-state index contributed by atoms with van der Waals surface area (Å²) in [6.45, 7) is 0. The summed E-state index contributed by atoms with van der Waals surface area (Å²) in [5, 5.41) is 1.13. The molecule has 2 nitrogen and oxygen atoms in total. The van der Waals surface area contributed by atoms with E-state index < -0.39 is 0 Å². The third kappa shape index (κ3) is 3.21. The fraction of sp³-hybridized carbons (Fsp3) is 0.714. The number of aromatic nitrogens is 2. The standard InChI is InChI=1S/C14H18ClIN2S/c15-13-11(16)12(9-5-1-2-6-9)17-14(18-13)10-7-3-4-8-19-10/h9-10H,1-8H2. The predicted molar refractivity (Wildman–Crippen MR) is 90.0 cm³/mol. The highest BCUT2D eigenvalue weighted by molar-refractivity contribution is 14.1. The Bertz CT molecular complexity index is 457. The van der Waals surface area contributed by atoms with Gasteiger partial charge in [0.15, 0.2) is 0 Å². The molecule has 3 rings (SSSR count). The number of hydrogen-bond acceptors (Lipinski definition) is 3.